The molecule has 2 aliphatic rings. The average Bonchev–Trinajstić information content (AvgIpc) is 3.19. The smallest absolute Gasteiger partial charge is 0.321 e. The van der Waals surface area contributed by atoms with Gasteiger partial charge in [0.1, 0.15) is 6.33 Å². The number of hydrogen-bond acceptors (Lipinski definition) is 6. The molecule has 2 atom stereocenters. The first-order chi connectivity index (χ1) is 13.5. The summed E-state index contributed by atoms with van der Waals surface area (Å²) in [5.74, 6) is 0.635. The number of amides is 2. The minimum absolute atomic E-state index is 0.0813. The quantitative estimate of drug-likeness (QED) is 0.857. The zero-order valence-corrected chi connectivity index (χ0v) is 16.6. The molecule has 28 heavy (non-hydrogen) atoms. The van der Waals surface area contributed by atoms with Crippen molar-refractivity contribution in [1.82, 2.24) is 24.6 Å². The Morgan fingerprint density at radius 2 is 2.18 bits per heavy atom. The second-order valence-corrected chi connectivity index (χ2v) is 7.56. The number of likely N-dealkylation sites (tertiary alicyclic amines) is 1. The number of aromatic nitrogens is 3. The van der Waals surface area contributed by atoms with Gasteiger partial charge >= 0.3 is 6.03 Å². The van der Waals surface area contributed by atoms with E-state index in [-0.39, 0.29) is 18.2 Å². The fourth-order valence-corrected chi connectivity index (χ4v) is 3.74. The third-order valence-corrected chi connectivity index (χ3v) is 5.39. The number of likely N-dealkylation sites (N-methyl/N-ethyl adjacent to an activating group) is 1. The maximum absolute atomic E-state index is 12.8. The highest BCUT2D eigenvalue weighted by atomic mass is 16.5. The van der Waals surface area contributed by atoms with Crippen LogP contribution in [0, 0.1) is 0 Å². The van der Waals surface area contributed by atoms with Crippen LogP contribution in [0.2, 0.25) is 0 Å². The van der Waals surface area contributed by atoms with Gasteiger partial charge in [-0.3, -0.25) is 4.90 Å². The lowest BCUT2D eigenvalue weighted by Crippen LogP contribution is -2.60. The van der Waals surface area contributed by atoms with Gasteiger partial charge in [-0.2, -0.15) is 4.98 Å². The summed E-state index contributed by atoms with van der Waals surface area (Å²) in [5.41, 5.74) is 1.58. The fraction of sp³-hybridized carbons (Fsp3) is 0.526. The lowest BCUT2D eigenvalue weighted by atomic mass is 9.99. The van der Waals surface area contributed by atoms with Crippen LogP contribution in [0.3, 0.4) is 0 Å². The van der Waals surface area contributed by atoms with Crippen molar-refractivity contribution in [2.45, 2.75) is 18.6 Å². The van der Waals surface area contributed by atoms with E-state index in [1.165, 1.54) is 0 Å². The molecule has 2 saturated heterocycles. The van der Waals surface area contributed by atoms with Crippen molar-refractivity contribution in [3.8, 4) is 5.69 Å². The number of nitrogens with zero attached hydrogens (tertiary/aromatic N) is 6. The van der Waals surface area contributed by atoms with Crippen LogP contribution in [-0.4, -0.2) is 90.1 Å². The van der Waals surface area contributed by atoms with Crippen LogP contribution in [0.5, 0.6) is 0 Å². The summed E-state index contributed by atoms with van der Waals surface area (Å²) < 4.78 is 7.56. The molecular weight excluding hydrogens is 358 g/mol. The van der Waals surface area contributed by atoms with Gasteiger partial charge in [0.15, 0.2) is 0 Å². The van der Waals surface area contributed by atoms with Crippen LogP contribution in [-0.2, 0) is 4.74 Å². The number of hydrogen-bond donors (Lipinski definition) is 1. The van der Waals surface area contributed by atoms with Crippen molar-refractivity contribution in [3.05, 3.63) is 30.6 Å². The zero-order chi connectivity index (χ0) is 19.7. The second-order valence-electron chi connectivity index (χ2n) is 7.56. The summed E-state index contributed by atoms with van der Waals surface area (Å²) >= 11 is 0. The largest absolute Gasteiger partial charge is 0.375 e. The van der Waals surface area contributed by atoms with Gasteiger partial charge in [0, 0.05) is 39.4 Å². The van der Waals surface area contributed by atoms with E-state index in [0.717, 1.165) is 30.9 Å². The molecule has 150 valence electrons. The first kappa shape index (κ1) is 18.7. The van der Waals surface area contributed by atoms with Gasteiger partial charge in [-0.25, -0.2) is 9.48 Å². The monoisotopic (exact) mass is 385 g/mol. The predicted octanol–water partition coefficient (Wildman–Crippen LogP) is 1.27. The van der Waals surface area contributed by atoms with Crippen molar-refractivity contribution >= 4 is 17.7 Å². The summed E-state index contributed by atoms with van der Waals surface area (Å²) in [5, 5.41) is 7.45. The Kier molecular flexibility index (Phi) is 5.19. The predicted molar refractivity (Wildman–Crippen MR) is 107 cm³/mol. The van der Waals surface area contributed by atoms with E-state index in [0.29, 0.717) is 19.0 Å². The molecule has 0 aliphatic carbocycles. The molecule has 3 heterocycles. The van der Waals surface area contributed by atoms with Crippen LogP contribution < -0.4 is 10.2 Å². The van der Waals surface area contributed by atoms with Crippen molar-refractivity contribution in [2.24, 2.45) is 0 Å². The van der Waals surface area contributed by atoms with Crippen molar-refractivity contribution in [2.75, 3.05) is 57.6 Å². The Balaban J connectivity index is 1.43. The lowest BCUT2D eigenvalue weighted by molar-refractivity contribution is -0.0875. The SMILES string of the molecule is CN(C)c1ncn(-c2cccc(NC(=O)N3CCC4OCCN(C)C4C3)c2)n1. The van der Waals surface area contributed by atoms with Crippen LogP contribution >= 0.6 is 0 Å². The standard InChI is InChI=1S/C19H27N7O2/c1-23(2)18-20-13-26(22-18)15-6-4-5-14(11-15)21-19(27)25-8-7-17-16(12-25)24(3)9-10-28-17/h4-6,11,13,16-17H,7-10,12H2,1-3H3,(H,21,27). The highest BCUT2D eigenvalue weighted by Gasteiger charge is 2.36. The van der Waals surface area contributed by atoms with Gasteiger partial charge < -0.3 is 19.9 Å². The number of fused-ring (bicyclic) bond motifs is 1. The molecule has 2 unspecified atom stereocenters. The van der Waals surface area contributed by atoms with E-state index >= 15 is 0 Å². The van der Waals surface area contributed by atoms with E-state index < -0.39 is 0 Å². The Morgan fingerprint density at radius 3 is 2.96 bits per heavy atom. The molecular formula is C19H27N7O2. The molecule has 2 amide bonds. The first-order valence-electron chi connectivity index (χ1n) is 9.58. The molecule has 9 nitrogen and oxygen atoms in total. The van der Waals surface area contributed by atoms with E-state index in [1.54, 1.807) is 11.0 Å². The van der Waals surface area contributed by atoms with E-state index in [2.05, 4.69) is 27.3 Å². The van der Waals surface area contributed by atoms with Crippen molar-refractivity contribution < 1.29 is 9.53 Å². The Morgan fingerprint density at radius 1 is 1.32 bits per heavy atom. The second kappa shape index (κ2) is 7.76. The molecule has 0 bridgehead atoms. The van der Waals surface area contributed by atoms with Crippen LogP contribution in [0.25, 0.3) is 5.69 Å². The molecule has 0 spiro atoms. The zero-order valence-electron chi connectivity index (χ0n) is 16.6. The molecule has 0 radical (unpaired) electrons. The van der Waals surface area contributed by atoms with Gasteiger partial charge in [0.25, 0.3) is 0 Å². The number of benzene rings is 1. The third kappa shape index (κ3) is 3.81. The average molecular weight is 385 g/mol. The van der Waals surface area contributed by atoms with Gasteiger partial charge in [-0.1, -0.05) is 6.07 Å². The normalized spacial score (nSPS) is 22.6. The molecule has 2 aromatic rings. The van der Waals surface area contributed by atoms with Gasteiger partial charge in [-0.15, -0.1) is 5.10 Å². The van der Waals surface area contributed by atoms with E-state index in [9.17, 15) is 4.79 Å². The minimum atomic E-state index is -0.0813. The van der Waals surface area contributed by atoms with Crippen molar-refractivity contribution in [1.29, 1.82) is 0 Å². The maximum Gasteiger partial charge on any atom is 0.321 e. The summed E-state index contributed by atoms with van der Waals surface area (Å²) in [7, 11) is 5.90. The third-order valence-electron chi connectivity index (χ3n) is 5.39. The van der Waals surface area contributed by atoms with E-state index in [1.807, 2.05) is 48.2 Å². The van der Waals surface area contributed by atoms with Gasteiger partial charge in [-0.05, 0) is 31.7 Å². The Bertz CT molecular complexity index is 837. The molecule has 1 aromatic heterocycles. The highest BCUT2D eigenvalue weighted by Crippen LogP contribution is 2.23. The number of urea groups is 1. The van der Waals surface area contributed by atoms with E-state index in [4.69, 9.17) is 4.74 Å². The summed E-state index contributed by atoms with van der Waals surface area (Å²) in [6, 6.07) is 7.80. The molecule has 4 rings (SSSR count). The highest BCUT2D eigenvalue weighted by molar-refractivity contribution is 5.89. The summed E-state index contributed by atoms with van der Waals surface area (Å²) in [6.45, 7) is 3.07. The topological polar surface area (TPSA) is 78.8 Å². The summed E-state index contributed by atoms with van der Waals surface area (Å²) in [6.07, 6.45) is 2.76. The number of anilines is 2. The van der Waals surface area contributed by atoms with Gasteiger partial charge in [0.05, 0.1) is 24.4 Å². The summed E-state index contributed by atoms with van der Waals surface area (Å²) in [4.78, 5) is 23.1. The number of rotatable bonds is 3. The first-order valence-corrected chi connectivity index (χ1v) is 9.58. The molecule has 2 aliphatic heterocycles. The lowest BCUT2D eigenvalue weighted by Gasteiger charge is -2.45. The van der Waals surface area contributed by atoms with Gasteiger partial charge in [0.2, 0.25) is 5.95 Å². The van der Waals surface area contributed by atoms with Crippen LogP contribution in [0.4, 0.5) is 16.4 Å². The number of morpholine rings is 1. The number of nitrogens with one attached hydrogen (secondary N) is 1. The van der Waals surface area contributed by atoms with Crippen molar-refractivity contribution in [3.63, 3.8) is 0 Å². The Hall–Kier alpha value is -2.65. The molecule has 9 heteroatoms. The maximum atomic E-state index is 12.8. The minimum Gasteiger partial charge on any atom is -0.375 e. The number of piperidine rings is 1. The molecule has 1 N–H and O–H groups in total. The molecule has 0 saturated carbocycles. The van der Waals surface area contributed by atoms with Crippen LogP contribution in [0.1, 0.15) is 6.42 Å². The number of carbonyl (C=O) groups is 1. The number of ether oxygens (including phenoxy) is 1. The molecule has 2 fully saturated rings. The molecule has 1 aromatic carbocycles. The van der Waals surface area contributed by atoms with Crippen LogP contribution in [0.15, 0.2) is 30.6 Å². The number of carbonyl (C=O) groups excluding carboxylic acids is 1. The Labute approximate surface area is 164 Å². The fourth-order valence-electron chi connectivity index (χ4n) is 3.74.